The van der Waals surface area contributed by atoms with Crippen LogP contribution >= 0.6 is 0 Å². The fourth-order valence-electron chi connectivity index (χ4n) is 1.81. The van der Waals surface area contributed by atoms with Crippen molar-refractivity contribution in [1.82, 2.24) is 5.32 Å². The Hall–Kier alpha value is -3.20. The molecule has 0 bridgehead atoms. The van der Waals surface area contributed by atoms with Crippen LogP contribution in [-0.2, 0) is 11.3 Å². The van der Waals surface area contributed by atoms with Crippen molar-refractivity contribution in [3.63, 3.8) is 0 Å². The number of halogens is 2. The normalized spacial score (nSPS) is 9.58. The van der Waals surface area contributed by atoms with Crippen molar-refractivity contribution in [1.29, 1.82) is 0 Å². The van der Waals surface area contributed by atoms with E-state index in [0.717, 1.165) is 17.7 Å². The molecule has 4 nitrogen and oxygen atoms in total. The molecular formula is C18H13F2NO3. The first kappa shape index (κ1) is 17.2. The van der Waals surface area contributed by atoms with Crippen LogP contribution in [0.1, 0.15) is 21.5 Å². The Labute approximate surface area is 137 Å². The lowest BCUT2D eigenvalue weighted by Gasteiger charge is -2.04. The highest BCUT2D eigenvalue weighted by Crippen LogP contribution is 2.12. The summed E-state index contributed by atoms with van der Waals surface area (Å²) >= 11 is 0. The number of ether oxygens (including phenoxy) is 1. The molecule has 1 N–H and O–H groups in total. The summed E-state index contributed by atoms with van der Waals surface area (Å²) in [4.78, 5) is 21.9. The molecule has 122 valence electrons. The standard InChI is InChI=1S/C18H13F2NO3/c19-16-9-14(10-17(20)15(16)11-22)7-4-8-21-18(23)24-12-13-5-2-1-3-6-13/h1-3,5-6,9-11H,8,12H2,(H,21,23). The summed E-state index contributed by atoms with van der Waals surface area (Å²) in [6.45, 7) is 0.0793. The molecule has 0 atom stereocenters. The summed E-state index contributed by atoms with van der Waals surface area (Å²) < 4.78 is 31.7. The molecule has 0 aromatic heterocycles. The number of amides is 1. The largest absolute Gasteiger partial charge is 0.445 e. The van der Waals surface area contributed by atoms with E-state index in [1.807, 2.05) is 30.3 Å². The Balaban J connectivity index is 1.83. The monoisotopic (exact) mass is 329 g/mol. The third kappa shape index (κ3) is 4.92. The van der Waals surface area contributed by atoms with Crippen molar-refractivity contribution in [3.05, 3.63) is 70.8 Å². The van der Waals surface area contributed by atoms with Gasteiger partial charge in [0.15, 0.2) is 6.29 Å². The third-order valence-electron chi connectivity index (χ3n) is 2.96. The van der Waals surface area contributed by atoms with E-state index >= 15 is 0 Å². The summed E-state index contributed by atoms with van der Waals surface area (Å²) in [6, 6.07) is 11.1. The number of benzene rings is 2. The number of alkyl carbamates (subject to hydrolysis) is 1. The second-order valence-corrected chi connectivity index (χ2v) is 4.69. The number of carbonyl (C=O) groups excluding carboxylic acids is 2. The maximum atomic E-state index is 13.4. The van der Waals surface area contributed by atoms with Crippen molar-refractivity contribution in [3.8, 4) is 11.8 Å². The Bertz CT molecular complexity index is 772. The van der Waals surface area contributed by atoms with Crippen molar-refractivity contribution >= 4 is 12.4 Å². The van der Waals surface area contributed by atoms with Crippen LogP contribution in [0.15, 0.2) is 42.5 Å². The van der Waals surface area contributed by atoms with Crippen molar-refractivity contribution in [2.45, 2.75) is 6.61 Å². The smallest absolute Gasteiger partial charge is 0.408 e. The van der Waals surface area contributed by atoms with E-state index in [0.29, 0.717) is 0 Å². The summed E-state index contributed by atoms with van der Waals surface area (Å²) in [6.07, 6.45) is -0.548. The lowest BCUT2D eigenvalue weighted by molar-refractivity contribution is 0.111. The molecule has 0 heterocycles. The van der Waals surface area contributed by atoms with Gasteiger partial charge in [-0.1, -0.05) is 42.2 Å². The number of hydrogen-bond donors (Lipinski definition) is 1. The van der Waals surface area contributed by atoms with E-state index in [9.17, 15) is 18.4 Å². The van der Waals surface area contributed by atoms with Gasteiger partial charge in [0.1, 0.15) is 18.2 Å². The van der Waals surface area contributed by atoms with Gasteiger partial charge in [-0.2, -0.15) is 0 Å². The predicted molar refractivity (Wildman–Crippen MR) is 83.3 cm³/mol. The van der Waals surface area contributed by atoms with Crippen molar-refractivity contribution < 1.29 is 23.1 Å². The zero-order valence-corrected chi connectivity index (χ0v) is 12.5. The maximum Gasteiger partial charge on any atom is 0.408 e. The molecular weight excluding hydrogens is 316 g/mol. The summed E-state index contributed by atoms with van der Waals surface area (Å²) in [7, 11) is 0. The van der Waals surface area contributed by atoms with E-state index in [-0.39, 0.29) is 25.0 Å². The highest BCUT2D eigenvalue weighted by atomic mass is 19.1. The Morgan fingerprint density at radius 1 is 1.17 bits per heavy atom. The topological polar surface area (TPSA) is 55.4 Å². The van der Waals surface area contributed by atoms with Gasteiger partial charge in [0.2, 0.25) is 0 Å². The molecule has 0 saturated heterocycles. The molecule has 0 saturated carbocycles. The van der Waals surface area contributed by atoms with Gasteiger partial charge in [0.25, 0.3) is 0 Å². The molecule has 6 heteroatoms. The lowest BCUT2D eigenvalue weighted by Crippen LogP contribution is -2.24. The lowest BCUT2D eigenvalue weighted by atomic mass is 10.1. The molecule has 0 aliphatic rings. The highest BCUT2D eigenvalue weighted by Gasteiger charge is 2.09. The fraction of sp³-hybridized carbons (Fsp3) is 0.111. The molecule has 1 amide bonds. The number of hydrogen-bond acceptors (Lipinski definition) is 3. The molecule has 2 aromatic carbocycles. The zero-order valence-electron chi connectivity index (χ0n) is 12.5. The minimum Gasteiger partial charge on any atom is -0.445 e. The maximum absolute atomic E-state index is 13.4. The number of nitrogens with one attached hydrogen (secondary N) is 1. The second kappa shape index (κ2) is 8.44. The average Bonchev–Trinajstić information content (AvgIpc) is 2.57. The van der Waals surface area contributed by atoms with Crippen LogP contribution in [-0.4, -0.2) is 18.9 Å². The van der Waals surface area contributed by atoms with Gasteiger partial charge in [0, 0.05) is 5.56 Å². The minimum absolute atomic E-state index is 0.0493. The highest BCUT2D eigenvalue weighted by molar-refractivity contribution is 5.76. The first-order valence-electron chi connectivity index (χ1n) is 6.98. The predicted octanol–water partition coefficient (Wildman–Crippen LogP) is 3.06. The SMILES string of the molecule is O=Cc1c(F)cc(C#CCNC(=O)OCc2ccccc2)cc1F. The van der Waals surface area contributed by atoms with Crippen molar-refractivity contribution in [2.24, 2.45) is 0 Å². The van der Waals surface area contributed by atoms with Gasteiger partial charge in [-0.15, -0.1) is 0 Å². The van der Waals surface area contributed by atoms with Crippen LogP contribution in [0.4, 0.5) is 13.6 Å². The zero-order chi connectivity index (χ0) is 17.4. The Morgan fingerprint density at radius 3 is 2.46 bits per heavy atom. The van der Waals surface area contributed by atoms with Gasteiger partial charge in [-0.3, -0.25) is 4.79 Å². The van der Waals surface area contributed by atoms with Gasteiger partial charge < -0.3 is 10.1 Å². The summed E-state index contributed by atoms with van der Waals surface area (Å²) in [5.74, 6) is 3.07. The Kier molecular flexibility index (Phi) is 6.03. The van der Waals surface area contributed by atoms with E-state index in [1.165, 1.54) is 0 Å². The van der Waals surface area contributed by atoms with Gasteiger partial charge in [-0.05, 0) is 17.7 Å². The summed E-state index contributed by atoms with van der Waals surface area (Å²) in [5.41, 5.74) is 0.276. The summed E-state index contributed by atoms with van der Waals surface area (Å²) in [5, 5.41) is 2.40. The molecule has 0 spiro atoms. The molecule has 0 aliphatic carbocycles. The third-order valence-corrected chi connectivity index (χ3v) is 2.96. The van der Waals surface area contributed by atoms with Crippen LogP contribution in [0, 0.1) is 23.5 Å². The quantitative estimate of drug-likeness (QED) is 0.693. The number of rotatable bonds is 4. The van der Waals surface area contributed by atoms with E-state index in [1.54, 1.807) is 0 Å². The molecule has 0 aliphatic heterocycles. The van der Waals surface area contributed by atoms with Crippen LogP contribution < -0.4 is 5.32 Å². The first-order chi connectivity index (χ1) is 11.6. The molecule has 2 rings (SSSR count). The molecule has 0 radical (unpaired) electrons. The molecule has 2 aromatic rings. The first-order valence-corrected chi connectivity index (χ1v) is 6.98. The van der Waals surface area contributed by atoms with Crippen LogP contribution in [0.3, 0.4) is 0 Å². The number of aldehydes is 1. The molecule has 24 heavy (non-hydrogen) atoms. The van der Waals surface area contributed by atoms with E-state index < -0.39 is 23.3 Å². The minimum atomic E-state index is -0.982. The van der Waals surface area contributed by atoms with E-state index in [4.69, 9.17) is 4.74 Å². The molecule has 0 unspecified atom stereocenters. The van der Waals surface area contributed by atoms with Crippen LogP contribution in [0.25, 0.3) is 0 Å². The van der Waals surface area contributed by atoms with E-state index in [2.05, 4.69) is 17.2 Å². The van der Waals surface area contributed by atoms with Crippen molar-refractivity contribution in [2.75, 3.05) is 6.54 Å². The van der Waals surface area contributed by atoms with Gasteiger partial charge >= 0.3 is 6.09 Å². The Morgan fingerprint density at radius 2 is 1.83 bits per heavy atom. The number of carbonyl (C=O) groups is 2. The van der Waals surface area contributed by atoms with Crippen LogP contribution in [0.5, 0.6) is 0 Å². The molecule has 0 fully saturated rings. The average molecular weight is 329 g/mol. The van der Waals surface area contributed by atoms with Gasteiger partial charge in [-0.25, -0.2) is 13.6 Å². The van der Waals surface area contributed by atoms with Crippen LogP contribution in [0.2, 0.25) is 0 Å². The fourth-order valence-corrected chi connectivity index (χ4v) is 1.81. The second-order valence-electron chi connectivity index (χ2n) is 4.69. The van der Waals surface area contributed by atoms with Gasteiger partial charge in [0.05, 0.1) is 12.1 Å².